The summed E-state index contributed by atoms with van der Waals surface area (Å²) in [6, 6.07) is 0. The molecule has 1 rings (SSSR count). The van der Waals surface area contributed by atoms with Crippen LogP contribution in [0.1, 0.15) is 105 Å². The van der Waals surface area contributed by atoms with Crippen LogP contribution in [-0.2, 0) is 16.5 Å². The van der Waals surface area contributed by atoms with E-state index in [9.17, 15) is 18.1 Å². The summed E-state index contributed by atoms with van der Waals surface area (Å²) in [7, 11) is -3.20. The van der Waals surface area contributed by atoms with E-state index >= 15 is 0 Å². The number of phenolic OH excluding ortho intramolecular Hbond substituents is 1. The van der Waals surface area contributed by atoms with E-state index in [1.807, 2.05) is 6.92 Å². The topological polar surface area (TPSA) is 83.8 Å². The molecular formula is C26H46O5S. The summed E-state index contributed by atoms with van der Waals surface area (Å²) in [5.41, 5.74) is 0.900. The van der Waals surface area contributed by atoms with E-state index in [2.05, 4.69) is 62.3 Å². The number of ether oxygens (including phenoxy) is 1. The number of phenols is 1. The minimum atomic E-state index is -4.57. The fraction of sp³-hybridized carbons (Fsp3) is 0.769. The van der Waals surface area contributed by atoms with Gasteiger partial charge in [-0.15, -0.1) is 0 Å². The predicted octanol–water partition coefficient (Wildman–Crippen LogP) is 7.14. The third-order valence-electron chi connectivity index (χ3n) is 6.35. The Morgan fingerprint density at radius 3 is 1.84 bits per heavy atom. The molecule has 186 valence electrons. The Morgan fingerprint density at radius 1 is 1.00 bits per heavy atom. The maximum absolute atomic E-state index is 12.5. The van der Waals surface area contributed by atoms with Crippen molar-refractivity contribution in [2.45, 2.75) is 106 Å². The van der Waals surface area contributed by atoms with Crippen LogP contribution in [0.15, 0.2) is 4.90 Å². The SMILES string of the molecule is CCc1c(O)c(C(C(C)(C)CC(C)C)C(C)(C)CC(C)(C)C)c(C)c(S(=O)(=O)O)c1OC. The molecule has 0 fully saturated rings. The van der Waals surface area contributed by atoms with Gasteiger partial charge in [0.15, 0.2) is 0 Å². The largest absolute Gasteiger partial charge is 0.507 e. The smallest absolute Gasteiger partial charge is 0.298 e. The van der Waals surface area contributed by atoms with Gasteiger partial charge in [0.05, 0.1) is 7.11 Å². The number of benzene rings is 1. The standard InChI is InChI=1S/C26H46O5S/c1-13-18-20(27)19(17(4)22(21(18)31-12)32(28,29)30)23(25(8,9)14-16(2)3)26(10,11)15-24(5,6)7/h16,23,27H,13-15H2,1-12H3,(H,28,29,30). The van der Waals surface area contributed by atoms with Gasteiger partial charge < -0.3 is 9.84 Å². The van der Waals surface area contributed by atoms with Gasteiger partial charge in [-0.25, -0.2) is 0 Å². The van der Waals surface area contributed by atoms with Gasteiger partial charge in [-0.3, -0.25) is 4.55 Å². The molecule has 2 N–H and O–H groups in total. The maximum Gasteiger partial charge on any atom is 0.298 e. The molecular weight excluding hydrogens is 424 g/mol. The molecule has 1 aromatic rings. The van der Waals surface area contributed by atoms with Crippen LogP contribution in [-0.4, -0.2) is 25.2 Å². The van der Waals surface area contributed by atoms with Crippen molar-refractivity contribution < 1.29 is 22.8 Å². The van der Waals surface area contributed by atoms with E-state index in [1.165, 1.54) is 7.11 Å². The Bertz CT molecular complexity index is 919. The third-order valence-corrected chi connectivity index (χ3v) is 7.36. The monoisotopic (exact) mass is 470 g/mol. The van der Waals surface area contributed by atoms with Gasteiger partial charge in [0, 0.05) is 11.1 Å². The second-order valence-corrected chi connectivity index (χ2v) is 13.7. The molecule has 0 aromatic heterocycles. The molecule has 0 heterocycles. The van der Waals surface area contributed by atoms with Crippen LogP contribution in [0.2, 0.25) is 0 Å². The van der Waals surface area contributed by atoms with Crippen LogP contribution in [0.3, 0.4) is 0 Å². The molecule has 6 heteroatoms. The Labute approximate surface area is 196 Å². The Kier molecular flexibility index (Phi) is 8.57. The van der Waals surface area contributed by atoms with Gasteiger partial charge in [-0.2, -0.15) is 8.42 Å². The molecule has 0 aliphatic carbocycles. The molecule has 0 saturated heterocycles. The van der Waals surface area contributed by atoms with E-state index in [1.54, 1.807) is 6.92 Å². The van der Waals surface area contributed by atoms with Gasteiger partial charge in [0.25, 0.3) is 10.1 Å². The Hall–Kier alpha value is -1.27. The van der Waals surface area contributed by atoms with Crippen molar-refractivity contribution in [1.82, 2.24) is 0 Å². The van der Waals surface area contributed by atoms with Crippen molar-refractivity contribution in [3.63, 3.8) is 0 Å². The van der Waals surface area contributed by atoms with Crippen LogP contribution in [0.4, 0.5) is 0 Å². The highest BCUT2D eigenvalue weighted by atomic mass is 32.2. The second kappa shape index (κ2) is 9.54. The molecule has 0 amide bonds. The molecule has 5 nitrogen and oxygen atoms in total. The summed E-state index contributed by atoms with van der Waals surface area (Å²) in [6.45, 7) is 23.3. The lowest BCUT2D eigenvalue weighted by Gasteiger charge is -2.49. The van der Waals surface area contributed by atoms with Crippen LogP contribution < -0.4 is 4.74 Å². The first kappa shape index (κ1) is 28.8. The average Bonchev–Trinajstić information content (AvgIpc) is 2.52. The van der Waals surface area contributed by atoms with Crippen molar-refractivity contribution in [3.8, 4) is 11.5 Å². The maximum atomic E-state index is 12.5. The lowest BCUT2D eigenvalue weighted by Crippen LogP contribution is -2.38. The van der Waals surface area contributed by atoms with Gasteiger partial charge in [-0.05, 0) is 59.8 Å². The van der Waals surface area contributed by atoms with Crippen LogP contribution in [0.5, 0.6) is 11.5 Å². The fourth-order valence-electron chi connectivity index (χ4n) is 6.56. The highest BCUT2D eigenvalue weighted by Gasteiger charge is 2.47. The highest BCUT2D eigenvalue weighted by Crippen LogP contribution is 2.58. The molecule has 0 radical (unpaired) electrons. The number of aromatic hydroxyl groups is 1. The minimum absolute atomic E-state index is 0.0304. The summed E-state index contributed by atoms with van der Waals surface area (Å²) < 4.78 is 40.5. The lowest BCUT2D eigenvalue weighted by molar-refractivity contribution is 0.0765. The average molecular weight is 471 g/mol. The normalized spacial score (nSPS) is 14.7. The first-order valence-corrected chi connectivity index (χ1v) is 13.0. The fourth-order valence-corrected chi connectivity index (χ4v) is 7.50. The molecule has 0 aliphatic rings. The zero-order valence-corrected chi connectivity index (χ0v) is 23.1. The number of hydrogen-bond donors (Lipinski definition) is 2. The van der Waals surface area contributed by atoms with Crippen molar-refractivity contribution >= 4 is 10.1 Å². The van der Waals surface area contributed by atoms with Crippen molar-refractivity contribution in [1.29, 1.82) is 0 Å². The molecule has 1 atom stereocenters. The molecule has 0 bridgehead atoms. The zero-order valence-electron chi connectivity index (χ0n) is 22.3. The molecule has 0 saturated carbocycles. The first-order valence-electron chi connectivity index (χ1n) is 11.6. The quantitative estimate of drug-likeness (QED) is 0.375. The minimum Gasteiger partial charge on any atom is -0.507 e. The van der Waals surface area contributed by atoms with E-state index in [0.29, 0.717) is 29.0 Å². The molecule has 0 spiro atoms. The summed E-state index contributed by atoms with van der Waals surface area (Å²) in [5.74, 6) is 0.375. The summed E-state index contributed by atoms with van der Waals surface area (Å²) in [6.07, 6.45) is 2.15. The van der Waals surface area contributed by atoms with Gasteiger partial charge >= 0.3 is 0 Å². The molecule has 0 aliphatic heterocycles. The summed E-state index contributed by atoms with van der Waals surface area (Å²) in [4.78, 5) is -0.235. The summed E-state index contributed by atoms with van der Waals surface area (Å²) >= 11 is 0. The zero-order chi connectivity index (χ0) is 25.4. The molecule has 1 unspecified atom stereocenters. The van der Waals surface area contributed by atoms with Gasteiger partial charge in [0.2, 0.25) is 0 Å². The van der Waals surface area contributed by atoms with E-state index in [0.717, 1.165) is 12.8 Å². The summed E-state index contributed by atoms with van der Waals surface area (Å²) in [5, 5.41) is 11.5. The van der Waals surface area contributed by atoms with Crippen LogP contribution in [0, 0.1) is 29.1 Å². The first-order chi connectivity index (χ1) is 14.2. The Balaban J connectivity index is 4.20. The number of methoxy groups -OCH3 is 1. The number of hydrogen-bond acceptors (Lipinski definition) is 4. The van der Waals surface area contributed by atoms with E-state index in [4.69, 9.17) is 4.74 Å². The van der Waals surface area contributed by atoms with Gasteiger partial charge in [0.1, 0.15) is 16.4 Å². The van der Waals surface area contributed by atoms with E-state index < -0.39 is 10.1 Å². The highest BCUT2D eigenvalue weighted by molar-refractivity contribution is 7.86. The van der Waals surface area contributed by atoms with Crippen molar-refractivity contribution in [3.05, 3.63) is 16.7 Å². The van der Waals surface area contributed by atoms with Crippen molar-refractivity contribution in [2.75, 3.05) is 7.11 Å². The van der Waals surface area contributed by atoms with Gasteiger partial charge in [-0.1, -0.05) is 69.2 Å². The van der Waals surface area contributed by atoms with Crippen LogP contribution >= 0.6 is 0 Å². The van der Waals surface area contributed by atoms with Crippen LogP contribution in [0.25, 0.3) is 0 Å². The number of rotatable bonds is 9. The predicted molar refractivity (Wildman–Crippen MR) is 132 cm³/mol. The molecule has 32 heavy (non-hydrogen) atoms. The van der Waals surface area contributed by atoms with Crippen molar-refractivity contribution in [2.24, 2.45) is 22.2 Å². The lowest BCUT2D eigenvalue weighted by atomic mass is 9.55. The molecule has 1 aromatic carbocycles. The third kappa shape index (κ3) is 6.19. The Morgan fingerprint density at radius 2 is 1.50 bits per heavy atom. The van der Waals surface area contributed by atoms with E-state index in [-0.39, 0.29) is 38.6 Å². The second-order valence-electron chi connectivity index (χ2n) is 12.3.